The number of fused-ring (bicyclic) bond motifs is 2. The number of aromatic nitrogens is 3. The second-order valence-corrected chi connectivity index (χ2v) is 7.69. The molecule has 3 aromatic rings. The van der Waals surface area contributed by atoms with Gasteiger partial charge in [-0.25, -0.2) is 4.68 Å². The molecule has 5 rings (SSSR count). The van der Waals surface area contributed by atoms with Gasteiger partial charge >= 0.3 is 0 Å². The standard InChI is InChI=1S/C22H23N5O/c28-22(25-18-11-16-8-9-17(12-18)24-16)20-14-27(19-6-2-1-3-7-19)26-21(20)15-5-4-10-23-13-15/h1-7,10,13-14,16-18,24H,8-9,11-12H2,(H,25,28). The summed E-state index contributed by atoms with van der Waals surface area (Å²) in [7, 11) is 0. The third-order valence-corrected chi connectivity index (χ3v) is 5.72. The van der Waals surface area contributed by atoms with E-state index in [9.17, 15) is 4.79 Å². The fourth-order valence-corrected chi connectivity index (χ4v) is 4.41. The molecule has 2 aliphatic heterocycles. The van der Waals surface area contributed by atoms with Crippen LogP contribution in [0.2, 0.25) is 0 Å². The molecule has 2 aliphatic rings. The van der Waals surface area contributed by atoms with Crippen molar-refractivity contribution in [3.05, 3.63) is 66.6 Å². The smallest absolute Gasteiger partial charge is 0.255 e. The van der Waals surface area contributed by atoms with Gasteiger partial charge < -0.3 is 10.6 Å². The predicted octanol–water partition coefficient (Wildman–Crippen LogP) is 2.95. The van der Waals surface area contributed by atoms with Crippen LogP contribution in [0.15, 0.2) is 61.1 Å². The van der Waals surface area contributed by atoms with Gasteiger partial charge in [0, 0.05) is 42.3 Å². The number of piperidine rings is 1. The van der Waals surface area contributed by atoms with Gasteiger partial charge in [-0.15, -0.1) is 0 Å². The number of nitrogens with one attached hydrogen (secondary N) is 2. The lowest BCUT2D eigenvalue weighted by Crippen LogP contribution is -2.48. The first-order chi connectivity index (χ1) is 13.8. The molecular formula is C22H23N5O. The molecule has 0 saturated carbocycles. The summed E-state index contributed by atoms with van der Waals surface area (Å²) in [6, 6.07) is 14.9. The van der Waals surface area contributed by atoms with E-state index >= 15 is 0 Å². The Hall–Kier alpha value is -2.99. The molecule has 2 atom stereocenters. The Kier molecular flexibility index (Phi) is 4.41. The molecule has 6 heteroatoms. The van der Waals surface area contributed by atoms with Gasteiger partial charge in [0.15, 0.2) is 0 Å². The summed E-state index contributed by atoms with van der Waals surface area (Å²) >= 11 is 0. The number of rotatable bonds is 4. The zero-order chi connectivity index (χ0) is 18.9. The van der Waals surface area contributed by atoms with E-state index in [2.05, 4.69) is 15.6 Å². The van der Waals surface area contributed by atoms with Crippen LogP contribution >= 0.6 is 0 Å². The van der Waals surface area contributed by atoms with E-state index in [0.29, 0.717) is 23.3 Å². The topological polar surface area (TPSA) is 71.8 Å². The third kappa shape index (κ3) is 3.31. The summed E-state index contributed by atoms with van der Waals surface area (Å²) in [6.07, 6.45) is 9.71. The van der Waals surface area contributed by atoms with Crippen molar-refractivity contribution in [3.63, 3.8) is 0 Å². The first-order valence-electron chi connectivity index (χ1n) is 9.88. The number of hydrogen-bond donors (Lipinski definition) is 2. The van der Waals surface area contributed by atoms with Crippen molar-refractivity contribution >= 4 is 5.91 Å². The lowest BCUT2D eigenvalue weighted by Gasteiger charge is -2.29. The van der Waals surface area contributed by atoms with E-state index < -0.39 is 0 Å². The number of nitrogens with zero attached hydrogens (tertiary/aromatic N) is 3. The number of hydrogen-bond acceptors (Lipinski definition) is 4. The molecule has 6 nitrogen and oxygen atoms in total. The molecule has 2 saturated heterocycles. The van der Waals surface area contributed by atoms with Crippen molar-refractivity contribution in [3.8, 4) is 16.9 Å². The quantitative estimate of drug-likeness (QED) is 0.738. The molecule has 4 heterocycles. The second kappa shape index (κ2) is 7.20. The fourth-order valence-electron chi connectivity index (χ4n) is 4.41. The fraction of sp³-hybridized carbons (Fsp3) is 0.318. The maximum absolute atomic E-state index is 13.2. The molecule has 0 radical (unpaired) electrons. The van der Waals surface area contributed by atoms with Crippen molar-refractivity contribution in [1.29, 1.82) is 0 Å². The van der Waals surface area contributed by atoms with Crippen molar-refractivity contribution in [2.24, 2.45) is 0 Å². The zero-order valence-electron chi connectivity index (χ0n) is 15.6. The first kappa shape index (κ1) is 17.1. The summed E-state index contributed by atoms with van der Waals surface area (Å²) in [5.41, 5.74) is 3.01. The van der Waals surface area contributed by atoms with Gasteiger partial charge in [-0.05, 0) is 49.9 Å². The Morgan fingerprint density at radius 1 is 1.07 bits per heavy atom. The second-order valence-electron chi connectivity index (χ2n) is 7.69. The monoisotopic (exact) mass is 373 g/mol. The van der Waals surface area contributed by atoms with Crippen molar-refractivity contribution in [1.82, 2.24) is 25.4 Å². The highest BCUT2D eigenvalue weighted by Gasteiger charge is 2.34. The summed E-state index contributed by atoms with van der Waals surface area (Å²) in [5, 5.41) is 11.6. The molecular weight excluding hydrogens is 350 g/mol. The van der Waals surface area contributed by atoms with E-state index in [1.807, 2.05) is 48.7 Å². The van der Waals surface area contributed by atoms with Gasteiger partial charge in [0.05, 0.1) is 11.3 Å². The Bertz CT molecular complexity index is 957. The molecule has 1 amide bonds. The lowest BCUT2D eigenvalue weighted by atomic mass is 9.99. The summed E-state index contributed by atoms with van der Waals surface area (Å²) in [5.74, 6) is -0.0627. The normalized spacial score (nSPS) is 23.5. The molecule has 2 fully saturated rings. The average molecular weight is 373 g/mol. The van der Waals surface area contributed by atoms with Crippen LogP contribution in [0.3, 0.4) is 0 Å². The zero-order valence-corrected chi connectivity index (χ0v) is 15.6. The van der Waals surface area contributed by atoms with Crippen LogP contribution in [0, 0.1) is 0 Å². The molecule has 28 heavy (non-hydrogen) atoms. The lowest BCUT2D eigenvalue weighted by molar-refractivity contribution is 0.0924. The summed E-state index contributed by atoms with van der Waals surface area (Å²) in [4.78, 5) is 17.4. The molecule has 2 N–H and O–H groups in total. The van der Waals surface area contributed by atoms with Gasteiger partial charge in [0.1, 0.15) is 5.69 Å². The van der Waals surface area contributed by atoms with E-state index in [-0.39, 0.29) is 11.9 Å². The van der Waals surface area contributed by atoms with Crippen molar-refractivity contribution < 1.29 is 4.79 Å². The summed E-state index contributed by atoms with van der Waals surface area (Å²) < 4.78 is 1.77. The molecule has 2 bridgehead atoms. The minimum atomic E-state index is -0.0627. The van der Waals surface area contributed by atoms with Crippen LogP contribution in [0.5, 0.6) is 0 Å². The number of carbonyl (C=O) groups is 1. The summed E-state index contributed by atoms with van der Waals surface area (Å²) in [6.45, 7) is 0. The number of benzene rings is 1. The Labute approximate surface area is 164 Å². The maximum Gasteiger partial charge on any atom is 0.255 e. The van der Waals surface area contributed by atoms with E-state index in [1.54, 1.807) is 17.1 Å². The molecule has 2 unspecified atom stereocenters. The predicted molar refractivity (Wildman–Crippen MR) is 107 cm³/mol. The molecule has 2 aromatic heterocycles. The number of amides is 1. The van der Waals surface area contributed by atoms with Crippen molar-refractivity contribution in [2.75, 3.05) is 0 Å². The third-order valence-electron chi connectivity index (χ3n) is 5.72. The highest BCUT2D eigenvalue weighted by Crippen LogP contribution is 2.28. The maximum atomic E-state index is 13.2. The minimum Gasteiger partial charge on any atom is -0.349 e. The number of carbonyl (C=O) groups excluding carboxylic acids is 1. The Balaban J connectivity index is 1.46. The SMILES string of the molecule is O=C(NC1CC2CCC(C1)N2)c1cn(-c2ccccc2)nc1-c1cccnc1. The molecule has 0 aliphatic carbocycles. The Morgan fingerprint density at radius 3 is 2.57 bits per heavy atom. The highest BCUT2D eigenvalue weighted by atomic mass is 16.1. The number of pyridine rings is 1. The van der Waals surface area contributed by atoms with Crippen molar-refractivity contribution in [2.45, 2.75) is 43.8 Å². The van der Waals surface area contributed by atoms with Gasteiger partial charge in [0.2, 0.25) is 0 Å². The Morgan fingerprint density at radius 2 is 1.86 bits per heavy atom. The largest absolute Gasteiger partial charge is 0.349 e. The van der Waals surface area contributed by atoms with Crippen LogP contribution in [0.25, 0.3) is 16.9 Å². The average Bonchev–Trinajstić information content (AvgIpc) is 3.33. The van der Waals surface area contributed by atoms with Gasteiger partial charge in [-0.2, -0.15) is 5.10 Å². The van der Waals surface area contributed by atoms with Crippen LogP contribution < -0.4 is 10.6 Å². The van der Waals surface area contributed by atoms with E-state index in [4.69, 9.17) is 5.10 Å². The highest BCUT2D eigenvalue weighted by molar-refractivity contribution is 6.00. The van der Waals surface area contributed by atoms with Crippen LogP contribution in [0.4, 0.5) is 0 Å². The van der Waals surface area contributed by atoms with E-state index in [1.165, 1.54) is 12.8 Å². The van der Waals surface area contributed by atoms with Crippen LogP contribution in [-0.4, -0.2) is 38.8 Å². The van der Waals surface area contributed by atoms with Crippen LogP contribution in [-0.2, 0) is 0 Å². The molecule has 142 valence electrons. The minimum absolute atomic E-state index is 0.0627. The van der Waals surface area contributed by atoms with Gasteiger partial charge in [-0.3, -0.25) is 9.78 Å². The van der Waals surface area contributed by atoms with Gasteiger partial charge in [0.25, 0.3) is 5.91 Å². The number of para-hydroxylation sites is 1. The van der Waals surface area contributed by atoms with Gasteiger partial charge in [-0.1, -0.05) is 18.2 Å². The van der Waals surface area contributed by atoms with Crippen LogP contribution in [0.1, 0.15) is 36.0 Å². The molecule has 1 aromatic carbocycles. The first-order valence-corrected chi connectivity index (χ1v) is 9.88. The molecule has 0 spiro atoms. The van der Waals surface area contributed by atoms with E-state index in [0.717, 1.165) is 24.1 Å².